The molecule has 0 aliphatic carbocycles. The molecule has 0 spiro atoms. The lowest BCUT2D eigenvalue weighted by atomic mass is 9.89. The van der Waals surface area contributed by atoms with Crippen LogP contribution < -0.4 is 10.1 Å². The minimum absolute atomic E-state index is 0.0184. The molecule has 7 nitrogen and oxygen atoms in total. The van der Waals surface area contributed by atoms with Gasteiger partial charge in [-0.15, -0.1) is 0 Å². The first kappa shape index (κ1) is 26.4. The number of fused-ring (bicyclic) bond motifs is 1. The maximum absolute atomic E-state index is 13.1. The highest BCUT2D eigenvalue weighted by Gasteiger charge is 2.38. The number of benzene rings is 1. The number of urea groups is 1. The van der Waals surface area contributed by atoms with Crippen molar-refractivity contribution in [3.05, 3.63) is 29.3 Å². The quantitative estimate of drug-likeness (QED) is 0.613. The van der Waals surface area contributed by atoms with Crippen molar-refractivity contribution in [2.24, 2.45) is 5.92 Å². The molecule has 1 unspecified atom stereocenters. The second-order valence-corrected chi connectivity index (χ2v) is 9.40. The number of hydrogen-bond donors (Lipinski definition) is 1. The lowest BCUT2D eigenvalue weighted by Crippen LogP contribution is -2.62. The first-order valence-corrected chi connectivity index (χ1v) is 11.7. The monoisotopic (exact) mass is 523 g/mol. The van der Waals surface area contributed by atoms with Crippen LogP contribution >= 0.6 is 0 Å². The van der Waals surface area contributed by atoms with Crippen molar-refractivity contribution in [1.29, 1.82) is 0 Å². The number of nitrogens with zero attached hydrogens (tertiary/aromatic N) is 2. The highest BCUT2D eigenvalue weighted by atomic mass is 19.4. The maximum Gasteiger partial charge on any atom is 0.422 e. The fourth-order valence-corrected chi connectivity index (χ4v) is 4.91. The predicted molar refractivity (Wildman–Crippen MR) is 114 cm³/mol. The Kier molecular flexibility index (Phi) is 7.58. The van der Waals surface area contributed by atoms with E-state index in [9.17, 15) is 35.9 Å². The van der Waals surface area contributed by atoms with E-state index in [-0.39, 0.29) is 48.6 Å². The summed E-state index contributed by atoms with van der Waals surface area (Å²) in [6.07, 6.45) is -7.56. The summed E-state index contributed by atoms with van der Waals surface area (Å²) in [7, 11) is 0. The molecule has 1 N–H and O–H groups in total. The maximum atomic E-state index is 13.1. The molecule has 0 saturated carbocycles. The van der Waals surface area contributed by atoms with E-state index in [2.05, 4.69) is 5.32 Å². The molecule has 13 heteroatoms. The van der Waals surface area contributed by atoms with Crippen LogP contribution in [-0.4, -0.2) is 79.5 Å². The summed E-state index contributed by atoms with van der Waals surface area (Å²) in [5.41, 5.74) is -0.806. The zero-order chi connectivity index (χ0) is 26.1. The van der Waals surface area contributed by atoms with Crippen LogP contribution in [0, 0.1) is 5.92 Å². The molecule has 0 aromatic heterocycles. The smallest absolute Gasteiger partial charge is 0.422 e. The van der Waals surface area contributed by atoms with Crippen LogP contribution in [0.2, 0.25) is 0 Å². The third-order valence-electron chi connectivity index (χ3n) is 6.77. The summed E-state index contributed by atoms with van der Waals surface area (Å²) in [6.45, 7) is 0.0104. The van der Waals surface area contributed by atoms with E-state index in [0.29, 0.717) is 51.5 Å². The molecule has 1 aromatic carbocycles. The average Bonchev–Trinajstić information content (AvgIpc) is 2.81. The van der Waals surface area contributed by atoms with Crippen molar-refractivity contribution >= 4 is 11.9 Å². The molecule has 3 aliphatic rings. The summed E-state index contributed by atoms with van der Waals surface area (Å²) in [6, 6.07) is 2.20. The van der Waals surface area contributed by atoms with E-state index in [0.717, 1.165) is 12.1 Å². The Morgan fingerprint density at radius 3 is 2.42 bits per heavy atom. The van der Waals surface area contributed by atoms with E-state index in [1.54, 1.807) is 9.80 Å². The lowest BCUT2D eigenvalue weighted by molar-refractivity contribution is -0.153. The summed E-state index contributed by atoms with van der Waals surface area (Å²) in [5.74, 6) is -0.677. The number of piperidine rings is 2. The van der Waals surface area contributed by atoms with Crippen LogP contribution in [-0.2, 0) is 22.1 Å². The number of nitrogens with one attached hydrogen (secondary N) is 1. The van der Waals surface area contributed by atoms with Crippen LogP contribution in [0.1, 0.15) is 30.4 Å². The SMILES string of the molecule is O=C1COC2CCN(C(=O)N3CCC(Cc4ccc(C(F)(F)F)cc4OCC(F)(F)F)CC3)C[C@H]2N1. The number of amides is 3. The Hall–Kier alpha value is -2.70. The standard InChI is InChI=1S/C23H27F6N3O4/c24-22(25,26)13-36-19-10-16(23(27,28)29)2-1-15(19)9-14-3-6-31(7-4-14)21(34)32-8-5-18-17(11-32)30-20(33)12-35-18/h1-2,10,14,17-18H,3-9,11-13H2,(H,30,33)/t17-,18?/m1/s1. The number of morpholine rings is 1. The van der Waals surface area contributed by atoms with Crippen LogP contribution in [0.15, 0.2) is 18.2 Å². The molecule has 2 atom stereocenters. The van der Waals surface area contributed by atoms with Gasteiger partial charge in [0.25, 0.3) is 0 Å². The largest absolute Gasteiger partial charge is 0.484 e. The fourth-order valence-electron chi connectivity index (χ4n) is 4.91. The van der Waals surface area contributed by atoms with Crippen LogP contribution in [0.25, 0.3) is 0 Å². The van der Waals surface area contributed by atoms with Crippen molar-refractivity contribution in [1.82, 2.24) is 15.1 Å². The van der Waals surface area contributed by atoms with E-state index in [1.807, 2.05) is 0 Å². The summed E-state index contributed by atoms with van der Waals surface area (Å²) >= 11 is 0. The topological polar surface area (TPSA) is 71.1 Å². The number of alkyl halides is 6. The Bertz CT molecular complexity index is 962. The highest BCUT2D eigenvalue weighted by Crippen LogP contribution is 2.35. The zero-order valence-electron chi connectivity index (χ0n) is 19.3. The molecule has 36 heavy (non-hydrogen) atoms. The van der Waals surface area contributed by atoms with Crippen molar-refractivity contribution in [2.75, 3.05) is 39.4 Å². The number of ether oxygens (including phenoxy) is 2. The van der Waals surface area contributed by atoms with Crippen molar-refractivity contribution in [3.8, 4) is 5.75 Å². The fraction of sp³-hybridized carbons (Fsp3) is 0.652. The molecule has 1 aromatic rings. The summed E-state index contributed by atoms with van der Waals surface area (Å²) < 4.78 is 87.3. The third-order valence-corrected chi connectivity index (χ3v) is 6.77. The summed E-state index contributed by atoms with van der Waals surface area (Å²) in [4.78, 5) is 28.0. The Morgan fingerprint density at radius 2 is 1.75 bits per heavy atom. The van der Waals surface area contributed by atoms with E-state index < -0.39 is 30.3 Å². The highest BCUT2D eigenvalue weighted by molar-refractivity contribution is 5.79. The zero-order valence-corrected chi connectivity index (χ0v) is 19.3. The van der Waals surface area contributed by atoms with Crippen molar-refractivity contribution in [2.45, 2.75) is 50.2 Å². The van der Waals surface area contributed by atoms with Gasteiger partial charge >= 0.3 is 18.4 Å². The van der Waals surface area contributed by atoms with Crippen molar-refractivity contribution < 1.29 is 45.4 Å². The second-order valence-electron chi connectivity index (χ2n) is 9.40. The average molecular weight is 523 g/mol. The minimum Gasteiger partial charge on any atom is -0.484 e. The summed E-state index contributed by atoms with van der Waals surface area (Å²) in [5, 5.41) is 2.85. The van der Waals surface area contributed by atoms with Gasteiger partial charge in [0.2, 0.25) is 5.91 Å². The predicted octanol–water partition coefficient (Wildman–Crippen LogP) is 3.61. The molecule has 3 fully saturated rings. The number of carbonyl (C=O) groups is 2. The van der Waals surface area contributed by atoms with Crippen LogP contribution in [0.4, 0.5) is 31.1 Å². The molecule has 3 heterocycles. The Morgan fingerprint density at radius 1 is 1.06 bits per heavy atom. The lowest BCUT2D eigenvalue weighted by Gasteiger charge is -2.43. The van der Waals surface area contributed by atoms with Gasteiger partial charge in [-0.2, -0.15) is 26.3 Å². The molecule has 3 aliphatic heterocycles. The first-order chi connectivity index (χ1) is 16.9. The van der Waals surface area contributed by atoms with Crippen molar-refractivity contribution in [3.63, 3.8) is 0 Å². The van der Waals surface area contributed by atoms with E-state index in [1.165, 1.54) is 0 Å². The normalized spacial score (nSPS) is 23.8. The Labute approximate surface area is 203 Å². The third kappa shape index (κ3) is 6.54. The number of rotatable bonds is 4. The van der Waals surface area contributed by atoms with Gasteiger partial charge in [0, 0.05) is 26.2 Å². The van der Waals surface area contributed by atoms with Gasteiger partial charge in [-0.25, -0.2) is 4.79 Å². The second kappa shape index (κ2) is 10.3. The van der Waals surface area contributed by atoms with Gasteiger partial charge in [0.05, 0.1) is 17.7 Å². The number of likely N-dealkylation sites (tertiary alicyclic amines) is 2. The molecular formula is C23H27F6N3O4. The molecule has 0 bridgehead atoms. The van der Waals surface area contributed by atoms with Gasteiger partial charge in [0.15, 0.2) is 6.61 Å². The van der Waals surface area contributed by atoms with Crippen LogP contribution in [0.3, 0.4) is 0 Å². The van der Waals surface area contributed by atoms with Gasteiger partial charge < -0.3 is 24.6 Å². The Balaban J connectivity index is 1.34. The first-order valence-electron chi connectivity index (χ1n) is 11.7. The molecule has 3 saturated heterocycles. The number of hydrogen-bond acceptors (Lipinski definition) is 4. The molecule has 3 amide bonds. The minimum atomic E-state index is -4.71. The van der Waals surface area contributed by atoms with Gasteiger partial charge in [-0.05, 0) is 49.3 Å². The molecule has 0 radical (unpaired) electrons. The molecule has 4 rings (SSSR count). The van der Waals surface area contributed by atoms with Crippen LogP contribution in [0.5, 0.6) is 5.75 Å². The van der Waals surface area contributed by atoms with Gasteiger partial charge in [-0.3, -0.25) is 4.79 Å². The van der Waals surface area contributed by atoms with E-state index in [4.69, 9.17) is 9.47 Å². The molecular weight excluding hydrogens is 496 g/mol. The van der Waals surface area contributed by atoms with Gasteiger partial charge in [0.1, 0.15) is 12.4 Å². The van der Waals surface area contributed by atoms with E-state index >= 15 is 0 Å². The number of carbonyl (C=O) groups excluding carboxylic acids is 2. The number of halogens is 6. The molecule has 200 valence electrons. The van der Waals surface area contributed by atoms with Gasteiger partial charge in [-0.1, -0.05) is 6.07 Å².